The molecule has 1 aliphatic rings. The van der Waals surface area contributed by atoms with Gasteiger partial charge in [-0.1, -0.05) is 12.1 Å². The largest absolute Gasteiger partial charge is 0.497 e. The topological polar surface area (TPSA) is 113 Å². The Balaban J connectivity index is 2.45. The van der Waals surface area contributed by atoms with E-state index < -0.39 is 65.4 Å². The monoisotopic (exact) mass is 450 g/mol. The molecule has 0 spiro atoms. The van der Waals surface area contributed by atoms with Crippen LogP contribution in [-0.2, 0) is 26.1 Å². The fourth-order valence-corrected chi connectivity index (χ4v) is 4.60. The lowest BCUT2D eigenvalue weighted by Crippen LogP contribution is -2.52. The van der Waals surface area contributed by atoms with Crippen molar-refractivity contribution in [3.63, 3.8) is 0 Å². The summed E-state index contributed by atoms with van der Waals surface area (Å²) in [5, 5.41) is 9.37. The van der Waals surface area contributed by atoms with Crippen molar-refractivity contribution < 1.29 is 41.4 Å². The Morgan fingerprint density at radius 2 is 1.87 bits per heavy atom. The lowest BCUT2D eigenvalue weighted by atomic mass is 10.0. The summed E-state index contributed by atoms with van der Waals surface area (Å²) in [6.07, 6.45) is -2.57. The molecule has 1 heterocycles. The Hall–Kier alpha value is -2.47. The van der Waals surface area contributed by atoms with Gasteiger partial charge in [0.1, 0.15) is 17.8 Å². The molecule has 1 aromatic carbocycles. The average molecular weight is 450 g/mol. The van der Waals surface area contributed by atoms with Gasteiger partial charge in [0.15, 0.2) is 0 Å². The molecule has 0 aromatic heterocycles. The van der Waals surface area contributed by atoms with E-state index in [1.807, 2.05) is 0 Å². The quantitative estimate of drug-likeness (QED) is 0.601. The summed E-state index contributed by atoms with van der Waals surface area (Å²) in [6, 6.07) is 2.16. The van der Waals surface area contributed by atoms with Gasteiger partial charge in [0.2, 0.25) is 10.0 Å². The maximum Gasteiger partial charge on any atom is 0.407 e. The van der Waals surface area contributed by atoms with E-state index in [0.29, 0.717) is 20.5 Å². The number of esters is 1. The third-order valence-corrected chi connectivity index (χ3v) is 6.86. The number of carbonyl (C=O) groups excluding carboxylic acids is 1. The molecule has 1 saturated heterocycles. The molecule has 12 heteroatoms. The first-order valence-electron chi connectivity index (χ1n) is 9.04. The number of halogens is 2. The van der Waals surface area contributed by atoms with E-state index in [-0.39, 0.29) is 0 Å². The molecule has 1 amide bonds. The van der Waals surface area contributed by atoms with Gasteiger partial charge in [-0.3, -0.25) is 9.69 Å². The molecule has 0 aliphatic carbocycles. The van der Waals surface area contributed by atoms with E-state index in [9.17, 15) is 23.1 Å². The van der Waals surface area contributed by atoms with Crippen LogP contribution in [0.1, 0.15) is 18.9 Å². The van der Waals surface area contributed by atoms with E-state index in [0.717, 1.165) is 7.11 Å². The molecule has 168 valence electrons. The number of methoxy groups -OCH3 is 2. The molecule has 1 aliphatic heterocycles. The van der Waals surface area contributed by atoms with Crippen LogP contribution in [0.2, 0.25) is 0 Å². The minimum Gasteiger partial charge on any atom is -0.497 e. The highest BCUT2D eigenvalue weighted by Crippen LogP contribution is 2.40. The van der Waals surface area contributed by atoms with Crippen molar-refractivity contribution in [1.29, 1.82) is 0 Å². The Morgan fingerprint density at radius 3 is 2.33 bits per heavy atom. The van der Waals surface area contributed by atoms with Crippen molar-refractivity contribution in [2.45, 2.75) is 37.9 Å². The van der Waals surface area contributed by atoms with Crippen LogP contribution in [0.4, 0.5) is 13.6 Å². The first kappa shape index (κ1) is 23.8. The molecule has 0 unspecified atom stereocenters. The van der Waals surface area contributed by atoms with E-state index in [1.54, 1.807) is 12.1 Å². The van der Waals surface area contributed by atoms with E-state index in [1.165, 1.54) is 26.2 Å². The number of carbonyl (C=O) groups is 2. The zero-order chi connectivity index (χ0) is 22.7. The summed E-state index contributed by atoms with van der Waals surface area (Å²) in [6.45, 7) is 0.141. The Bertz CT molecular complexity index is 877. The van der Waals surface area contributed by atoms with Crippen LogP contribution in [-0.4, -0.2) is 79.3 Å². The number of likely N-dealkylation sites (tertiary alicyclic amines) is 1. The predicted molar refractivity (Wildman–Crippen MR) is 102 cm³/mol. The number of rotatable bonds is 8. The third-order valence-electron chi connectivity index (χ3n) is 5.03. The van der Waals surface area contributed by atoms with Crippen molar-refractivity contribution in [2.75, 3.05) is 26.5 Å². The van der Waals surface area contributed by atoms with Crippen LogP contribution in [0.15, 0.2) is 24.3 Å². The minimum absolute atomic E-state index is 0.390. The zero-order valence-corrected chi connectivity index (χ0v) is 17.6. The predicted octanol–water partition coefficient (Wildman–Crippen LogP) is 1.78. The molecule has 0 bridgehead atoms. The highest BCUT2D eigenvalue weighted by Gasteiger charge is 2.62. The molecule has 0 saturated carbocycles. The molecule has 9 nitrogen and oxygen atoms in total. The lowest BCUT2D eigenvalue weighted by Gasteiger charge is -2.32. The number of alkyl halides is 2. The second-order valence-electron chi connectivity index (χ2n) is 6.72. The molecular weight excluding hydrogens is 426 g/mol. The SMILES string of the molecule is CCS(=O)(=O)N(Cc1ccc(OC)cc1)[C@@H]1CN(C(=O)O)[C@H](CC(=O)OC)C1(F)F. The number of hydrogen-bond donors (Lipinski definition) is 1. The summed E-state index contributed by atoms with van der Waals surface area (Å²) in [4.78, 5) is 23.5. The van der Waals surface area contributed by atoms with Crippen LogP contribution in [0.3, 0.4) is 0 Å². The summed E-state index contributed by atoms with van der Waals surface area (Å²) >= 11 is 0. The Morgan fingerprint density at radius 1 is 1.27 bits per heavy atom. The number of ether oxygens (including phenoxy) is 2. The highest BCUT2D eigenvalue weighted by atomic mass is 32.2. The molecule has 1 fully saturated rings. The molecule has 2 rings (SSSR count). The van der Waals surface area contributed by atoms with Crippen molar-refractivity contribution in [3.05, 3.63) is 29.8 Å². The molecule has 30 heavy (non-hydrogen) atoms. The maximum absolute atomic E-state index is 15.3. The summed E-state index contributed by atoms with van der Waals surface area (Å²) < 4.78 is 65.9. The number of hydrogen-bond acceptors (Lipinski definition) is 6. The fourth-order valence-electron chi connectivity index (χ4n) is 3.33. The van der Waals surface area contributed by atoms with Gasteiger partial charge < -0.3 is 14.6 Å². The van der Waals surface area contributed by atoms with Crippen LogP contribution in [0.25, 0.3) is 0 Å². The van der Waals surface area contributed by atoms with Gasteiger partial charge in [-0.05, 0) is 24.6 Å². The van der Waals surface area contributed by atoms with E-state index in [2.05, 4.69) is 4.74 Å². The maximum atomic E-state index is 15.3. The number of carboxylic acid groups (broad SMARTS) is 1. The Labute approximate surface area is 173 Å². The molecular formula is C18H24F2N2O7S. The van der Waals surface area contributed by atoms with Crippen molar-refractivity contribution in [3.8, 4) is 5.75 Å². The highest BCUT2D eigenvalue weighted by molar-refractivity contribution is 7.89. The van der Waals surface area contributed by atoms with Gasteiger partial charge >= 0.3 is 12.1 Å². The second kappa shape index (κ2) is 9.13. The first-order valence-corrected chi connectivity index (χ1v) is 10.7. The van der Waals surface area contributed by atoms with Gasteiger partial charge in [-0.15, -0.1) is 0 Å². The van der Waals surface area contributed by atoms with Crippen molar-refractivity contribution >= 4 is 22.1 Å². The molecule has 2 atom stereocenters. The van der Waals surface area contributed by atoms with Crippen molar-refractivity contribution in [2.24, 2.45) is 0 Å². The van der Waals surface area contributed by atoms with Crippen LogP contribution < -0.4 is 4.74 Å². The molecule has 1 N–H and O–H groups in total. The minimum atomic E-state index is -4.15. The summed E-state index contributed by atoms with van der Waals surface area (Å²) in [5.41, 5.74) is 0.418. The fraction of sp³-hybridized carbons (Fsp3) is 0.556. The van der Waals surface area contributed by atoms with E-state index >= 15 is 8.78 Å². The number of nitrogens with zero attached hydrogens (tertiary/aromatic N) is 2. The van der Waals surface area contributed by atoms with E-state index in [4.69, 9.17) is 4.74 Å². The third kappa shape index (κ3) is 4.81. The lowest BCUT2D eigenvalue weighted by molar-refractivity contribution is -0.145. The number of sulfonamides is 1. The van der Waals surface area contributed by atoms with Crippen molar-refractivity contribution in [1.82, 2.24) is 9.21 Å². The van der Waals surface area contributed by atoms with Crippen LogP contribution >= 0.6 is 0 Å². The van der Waals surface area contributed by atoms with Crippen LogP contribution in [0.5, 0.6) is 5.75 Å². The van der Waals surface area contributed by atoms with Gasteiger partial charge in [0, 0.05) is 13.1 Å². The Kier molecular flexibility index (Phi) is 7.24. The molecule has 0 radical (unpaired) electrons. The number of benzene rings is 1. The normalized spacial score (nSPS) is 20.9. The van der Waals surface area contributed by atoms with Crippen LogP contribution in [0, 0.1) is 0 Å². The molecule has 1 aromatic rings. The van der Waals surface area contributed by atoms with Gasteiger partial charge in [-0.25, -0.2) is 22.0 Å². The van der Waals surface area contributed by atoms with Gasteiger partial charge in [0.25, 0.3) is 5.92 Å². The summed E-state index contributed by atoms with van der Waals surface area (Å²) in [5.74, 6) is -4.79. The standard InChI is InChI=1S/C18H24F2N2O7S/c1-4-30(26,27)22(10-12-5-7-13(28-2)8-6-12)15-11-21(17(24)25)14(18(15,19)20)9-16(23)29-3/h5-8,14-15H,4,9-11H2,1-3H3,(H,24,25)/t14-,15-/m1/s1. The summed E-state index contributed by atoms with van der Waals surface area (Å²) in [7, 11) is -1.71. The first-order chi connectivity index (χ1) is 14.0. The zero-order valence-electron chi connectivity index (χ0n) is 16.7. The second-order valence-corrected chi connectivity index (χ2v) is 8.93. The smallest absolute Gasteiger partial charge is 0.407 e. The average Bonchev–Trinajstić information content (AvgIpc) is 2.96. The van der Waals surface area contributed by atoms with Gasteiger partial charge in [-0.2, -0.15) is 4.31 Å². The number of amides is 1. The van der Waals surface area contributed by atoms with Gasteiger partial charge in [0.05, 0.1) is 26.4 Å².